The first-order chi connectivity index (χ1) is 14.5. The molecule has 0 atom stereocenters. The summed E-state index contributed by atoms with van der Waals surface area (Å²) < 4.78 is 5.66. The first-order valence-electron chi connectivity index (χ1n) is 8.80. The normalized spacial score (nSPS) is 10.9. The number of para-hydroxylation sites is 1. The van der Waals surface area contributed by atoms with Crippen LogP contribution in [0.15, 0.2) is 46.9 Å². The number of nitrogens with one attached hydrogen (secondary N) is 4. The number of hydrogen-bond acceptors (Lipinski definition) is 6. The minimum Gasteiger partial charge on any atom is -0.375 e. The number of halogens is 1. The summed E-state index contributed by atoms with van der Waals surface area (Å²) in [4.78, 5) is 27.8. The molecular formula is C19H16BrN7O3. The third-order valence-electron chi connectivity index (χ3n) is 4.28. The van der Waals surface area contributed by atoms with Gasteiger partial charge < -0.3 is 20.4 Å². The Morgan fingerprint density at radius 3 is 2.77 bits per heavy atom. The van der Waals surface area contributed by atoms with Crippen LogP contribution in [-0.4, -0.2) is 51.1 Å². The van der Waals surface area contributed by atoms with Crippen molar-refractivity contribution in [2.75, 3.05) is 24.4 Å². The lowest BCUT2D eigenvalue weighted by Gasteiger charge is -2.09. The molecule has 2 heterocycles. The molecule has 0 saturated heterocycles. The van der Waals surface area contributed by atoms with Gasteiger partial charge in [-0.1, -0.05) is 28.1 Å². The first-order valence-corrected chi connectivity index (χ1v) is 9.60. The second-order valence-corrected chi connectivity index (χ2v) is 7.24. The smallest absolute Gasteiger partial charge is 0.272 e. The number of rotatable bonds is 6. The van der Waals surface area contributed by atoms with E-state index in [1.165, 1.54) is 7.11 Å². The Hall–Kier alpha value is -3.57. The number of amides is 2. The summed E-state index contributed by atoms with van der Waals surface area (Å²) in [6.07, 6.45) is 0. The molecule has 10 nitrogen and oxygen atoms in total. The number of hydrogen-bond donors (Lipinski definition) is 4. The quantitative estimate of drug-likeness (QED) is 0.342. The van der Waals surface area contributed by atoms with Crippen LogP contribution < -0.4 is 10.6 Å². The summed E-state index contributed by atoms with van der Waals surface area (Å²) in [5.41, 5.74) is 2.71. The highest BCUT2D eigenvalue weighted by atomic mass is 79.9. The lowest BCUT2D eigenvalue weighted by Crippen LogP contribution is -2.17. The molecule has 0 bridgehead atoms. The van der Waals surface area contributed by atoms with Crippen LogP contribution in [0, 0.1) is 0 Å². The zero-order valence-corrected chi connectivity index (χ0v) is 17.3. The second-order valence-electron chi connectivity index (χ2n) is 6.33. The number of anilines is 2. The Balaban J connectivity index is 1.63. The molecule has 4 N–H and O–H groups in total. The molecule has 2 amide bonds. The van der Waals surface area contributed by atoms with E-state index in [1.807, 2.05) is 6.07 Å². The molecular weight excluding hydrogens is 454 g/mol. The fourth-order valence-electron chi connectivity index (χ4n) is 2.98. The average Bonchev–Trinajstić information content (AvgIpc) is 3.40. The summed E-state index contributed by atoms with van der Waals surface area (Å²) in [5.74, 6) is -0.214. The Labute approximate surface area is 178 Å². The maximum Gasteiger partial charge on any atom is 0.272 e. The molecule has 0 aliphatic rings. The van der Waals surface area contributed by atoms with Crippen molar-refractivity contribution in [2.24, 2.45) is 0 Å². The maximum absolute atomic E-state index is 12.9. The number of carbonyl (C=O) groups is 2. The molecule has 2 aromatic carbocycles. The van der Waals surface area contributed by atoms with Gasteiger partial charge in [0.2, 0.25) is 5.91 Å². The van der Waals surface area contributed by atoms with E-state index in [9.17, 15) is 9.59 Å². The van der Waals surface area contributed by atoms with E-state index in [1.54, 1.807) is 36.4 Å². The monoisotopic (exact) mass is 469 g/mol. The summed E-state index contributed by atoms with van der Waals surface area (Å²) >= 11 is 3.41. The van der Waals surface area contributed by atoms with Gasteiger partial charge in [0.15, 0.2) is 5.82 Å². The highest BCUT2D eigenvalue weighted by Crippen LogP contribution is 2.29. The van der Waals surface area contributed by atoms with E-state index in [0.29, 0.717) is 34.0 Å². The van der Waals surface area contributed by atoms with E-state index in [4.69, 9.17) is 4.74 Å². The van der Waals surface area contributed by atoms with E-state index in [2.05, 4.69) is 52.2 Å². The minimum absolute atomic E-state index is 0.0622. The third kappa shape index (κ3) is 4.07. The Morgan fingerprint density at radius 1 is 1.13 bits per heavy atom. The molecule has 2 aromatic heterocycles. The molecule has 0 unspecified atom stereocenters. The molecule has 11 heteroatoms. The Morgan fingerprint density at radius 2 is 2.00 bits per heavy atom. The van der Waals surface area contributed by atoms with Crippen LogP contribution in [-0.2, 0) is 9.53 Å². The van der Waals surface area contributed by atoms with Crippen LogP contribution >= 0.6 is 15.9 Å². The van der Waals surface area contributed by atoms with Crippen molar-refractivity contribution >= 4 is 50.0 Å². The summed E-state index contributed by atoms with van der Waals surface area (Å²) in [5, 5.41) is 20.2. The van der Waals surface area contributed by atoms with Gasteiger partial charge in [-0.05, 0) is 40.8 Å². The van der Waals surface area contributed by atoms with Crippen LogP contribution in [0.3, 0.4) is 0 Å². The van der Waals surface area contributed by atoms with Gasteiger partial charge in [-0.15, -0.1) is 5.10 Å². The number of aromatic amines is 2. The Kier molecular flexibility index (Phi) is 5.55. The van der Waals surface area contributed by atoms with Crippen molar-refractivity contribution in [3.05, 3.63) is 52.6 Å². The van der Waals surface area contributed by atoms with Gasteiger partial charge in [-0.3, -0.25) is 9.59 Å². The number of benzene rings is 2. The van der Waals surface area contributed by atoms with Crippen molar-refractivity contribution < 1.29 is 14.3 Å². The number of methoxy groups -OCH3 is 1. The zero-order chi connectivity index (χ0) is 21.1. The van der Waals surface area contributed by atoms with Crippen molar-refractivity contribution in [3.63, 3.8) is 0 Å². The fourth-order valence-corrected chi connectivity index (χ4v) is 3.35. The van der Waals surface area contributed by atoms with Gasteiger partial charge in [0.1, 0.15) is 12.3 Å². The summed E-state index contributed by atoms with van der Waals surface area (Å²) in [6.45, 7) is -0.0622. The van der Waals surface area contributed by atoms with Crippen LogP contribution in [0.25, 0.3) is 22.3 Å². The van der Waals surface area contributed by atoms with Crippen LogP contribution in [0.1, 0.15) is 10.5 Å². The summed E-state index contributed by atoms with van der Waals surface area (Å²) in [7, 11) is 1.45. The van der Waals surface area contributed by atoms with E-state index >= 15 is 0 Å². The topological polar surface area (TPSA) is 138 Å². The average molecular weight is 470 g/mol. The van der Waals surface area contributed by atoms with Gasteiger partial charge in [0.25, 0.3) is 5.91 Å². The molecule has 0 saturated carbocycles. The van der Waals surface area contributed by atoms with E-state index < -0.39 is 0 Å². The molecule has 4 rings (SSSR count). The SMILES string of the molecule is COCC(=O)Nc1cccc2cc(C(=O)Nc3ccc(Br)cc3-c3nnn[nH]3)[nH]c12. The molecule has 0 radical (unpaired) electrons. The Bertz CT molecular complexity index is 1220. The van der Waals surface area contributed by atoms with Gasteiger partial charge in [0.05, 0.1) is 16.9 Å². The number of tetrazole rings is 1. The van der Waals surface area contributed by atoms with Crippen LogP contribution in [0.4, 0.5) is 11.4 Å². The zero-order valence-electron chi connectivity index (χ0n) is 15.7. The highest BCUT2D eigenvalue weighted by Gasteiger charge is 2.16. The largest absolute Gasteiger partial charge is 0.375 e. The van der Waals surface area contributed by atoms with Crippen molar-refractivity contribution in [3.8, 4) is 11.4 Å². The molecule has 152 valence electrons. The van der Waals surface area contributed by atoms with Gasteiger partial charge in [-0.25, -0.2) is 5.10 Å². The predicted molar refractivity (Wildman–Crippen MR) is 114 cm³/mol. The predicted octanol–water partition coefficient (Wildman–Crippen LogP) is 2.95. The number of fused-ring (bicyclic) bond motifs is 1. The van der Waals surface area contributed by atoms with Gasteiger partial charge in [-0.2, -0.15) is 0 Å². The number of ether oxygens (including phenoxy) is 1. The van der Waals surface area contributed by atoms with Crippen LogP contribution in [0.5, 0.6) is 0 Å². The lowest BCUT2D eigenvalue weighted by atomic mass is 10.1. The standard InChI is InChI=1S/C19H16BrN7O3/c1-30-9-16(28)21-14-4-2-3-10-7-15(22-17(10)14)19(29)23-13-6-5-11(20)8-12(13)18-24-26-27-25-18/h2-8,22H,9H2,1H3,(H,21,28)(H,23,29)(H,24,25,26,27). The highest BCUT2D eigenvalue weighted by molar-refractivity contribution is 9.10. The molecule has 0 fully saturated rings. The minimum atomic E-state index is -0.351. The molecule has 0 aliphatic carbocycles. The first kappa shape index (κ1) is 19.7. The van der Waals surface area contributed by atoms with Crippen molar-refractivity contribution in [2.45, 2.75) is 0 Å². The number of H-pyrrole nitrogens is 2. The van der Waals surface area contributed by atoms with Crippen molar-refractivity contribution in [1.29, 1.82) is 0 Å². The molecule has 0 spiro atoms. The van der Waals surface area contributed by atoms with E-state index in [0.717, 1.165) is 9.86 Å². The number of carbonyl (C=O) groups excluding carboxylic acids is 2. The molecule has 0 aliphatic heterocycles. The van der Waals surface area contributed by atoms with E-state index in [-0.39, 0.29) is 18.4 Å². The van der Waals surface area contributed by atoms with Crippen LogP contribution in [0.2, 0.25) is 0 Å². The van der Waals surface area contributed by atoms with Crippen molar-refractivity contribution in [1.82, 2.24) is 25.6 Å². The second kappa shape index (κ2) is 8.43. The fraction of sp³-hybridized carbons (Fsp3) is 0.105. The lowest BCUT2D eigenvalue weighted by molar-refractivity contribution is -0.119. The number of aromatic nitrogens is 5. The van der Waals surface area contributed by atoms with Gasteiger partial charge >= 0.3 is 0 Å². The van der Waals surface area contributed by atoms with Gasteiger partial charge in [0, 0.05) is 22.5 Å². The maximum atomic E-state index is 12.9. The molecule has 4 aromatic rings. The molecule has 30 heavy (non-hydrogen) atoms. The third-order valence-corrected chi connectivity index (χ3v) is 4.77. The summed E-state index contributed by atoms with van der Waals surface area (Å²) in [6, 6.07) is 12.5. The number of nitrogens with zero attached hydrogens (tertiary/aromatic N) is 3.